The third-order valence-electron chi connectivity index (χ3n) is 4.29. The van der Waals surface area contributed by atoms with Crippen LogP contribution in [0.4, 0.5) is 0 Å². The molecule has 0 radical (unpaired) electrons. The summed E-state index contributed by atoms with van der Waals surface area (Å²) in [6, 6.07) is 0. The molecular formula is C14H16S2. The maximum absolute atomic E-state index is 2.55. The SMILES string of the molecule is C1=CC2=C[C@@H]3CC4(C[C@@H]3C2=C1)SCCCS4. The zero-order valence-corrected chi connectivity index (χ0v) is 10.9. The van der Waals surface area contributed by atoms with Crippen molar-refractivity contribution in [1.29, 1.82) is 0 Å². The molecule has 0 bridgehead atoms. The van der Waals surface area contributed by atoms with E-state index in [0.717, 1.165) is 11.8 Å². The van der Waals surface area contributed by atoms with Gasteiger partial charge >= 0.3 is 0 Å². The van der Waals surface area contributed by atoms with Crippen molar-refractivity contribution in [3.05, 3.63) is 35.5 Å². The first-order valence-corrected chi connectivity index (χ1v) is 8.22. The summed E-state index contributed by atoms with van der Waals surface area (Å²) in [7, 11) is 0. The van der Waals surface area contributed by atoms with Crippen molar-refractivity contribution in [1.82, 2.24) is 0 Å². The van der Waals surface area contributed by atoms with Crippen molar-refractivity contribution in [3.8, 4) is 0 Å². The van der Waals surface area contributed by atoms with E-state index in [4.69, 9.17) is 0 Å². The van der Waals surface area contributed by atoms with E-state index in [1.54, 1.807) is 5.57 Å². The smallest absolute Gasteiger partial charge is 0.0623 e. The Bertz CT molecular complexity index is 410. The molecule has 0 N–H and O–H groups in total. The van der Waals surface area contributed by atoms with Crippen molar-refractivity contribution in [2.75, 3.05) is 11.5 Å². The highest BCUT2D eigenvalue weighted by atomic mass is 32.2. The summed E-state index contributed by atoms with van der Waals surface area (Å²) in [6.07, 6.45) is 13.7. The van der Waals surface area contributed by atoms with Crippen LogP contribution in [0.5, 0.6) is 0 Å². The van der Waals surface area contributed by atoms with E-state index in [0.29, 0.717) is 4.08 Å². The Kier molecular flexibility index (Phi) is 2.14. The van der Waals surface area contributed by atoms with Crippen molar-refractivity contribution in [2.24, 2.45) is 11.8 Å². The lowest BCUT2D eigenvalue weighted by molar-refractivity contribution is 0.564. The van der Waals surface area contributed by atoms with Gasteiger partial charge < -0.3 is 0 Å². The maximum Gasteiger partial charge on any atom is 0.0623 e. The maximum atomic E-state index is 2.55. The molecule has 0 amide bonds. The highest BCUT2D eigenvalue weighted by molar-refractivity contribution is 8.18. The van der Waals surface area contributed by atoms with Crippen LogP contribution in [-0.4, -0.2) is 15.6 Å². The van der Waals surface area contributed by atoms with Crippen LogP contribution in [-0.2, 0) is 0 Å². The van der Waals surface area contributed by atoms with E-state index in [1.165, 1.54) is 36.3 Å². The lowest BCUT2D eigenvalue weighted by atomic mass is 9.95. The second kappa shape index (κ2) is 3.46. The topological polar surface area (TPSA) is 0 Å². The Hall–Kier alpha value is -0.0800. The number of fused-ring (bicyclic) bond motifs is 3. The molecule has 0 unspecified atom stereocenters. The molecule has 1 spiro atoms. The minimum absolute atomic E-state index is 0.582. The molecule has 16 heavy (non-hydrogen) atoms. The van der Waals surface area contributed by atoms with Crippen LogP contribution in [0.3, 0.4) is 0 Å². The Morgan fingerprint density at radius 3 is 2.94 bits per heavy atom. The van der Waals surface area contributed by atoms with E-state index in [-0.39, 0.29) is 0 Å². The fourth-order valence-corrected chi connectivity index (χ4v) is 7.16. The molecule has 1 saturated heterocycles. The zero-order chi connectivity index (χ0) is 10.6. The van der Waals surface area contributed by atoms with Crippen LogP contribution in [0.1, 0.15) is 19.3 Å². The molecule has 4 aliphatic rings. The summed E-state index contributed by atoms with van der Waals surface area (Å²) in [5.41, 5.74) is 3.18. The van der Waals surface area contributed by atoms with E-state index < -0.39 is 0 Å². The first-order chi connectivity index (χ1) is 7.86. The van der Waals surface area contributed by atoms with Crippen molar-refractivity contribution < 1.29 is 0 Å². The number of rotatable bonds is 0. The summed E-state index contributed by atoms with van der Waals surface area (Å²) in [5, 5.41) is 0. The molecule has 2 heteroatoms. The summed E-state index contributed by atoms with van der Waals surface area (Å²) < 4.78 is 0.582. The van der Waals surface area contributed by atoms with E-state index in [1.807, 2.05) is 0 Å². The van der Waals surface area contributed by atoms with E-state index in [9.17, 15) is 0 Å². The molecule has 4 rings (SSSR count). The molecule has 1 aliphatic heterocycles. The van der Waals surface area contributed by atoms with Gasteiger partial charge in [0.25, 0.3) is 0 Å². The van der Waals surface area contributed by atoms with Gasteiger partial charge in [-0.2, -0.15) is 0 Å². The molecule has 3 aliphatic carbocycles. The monoisotopic (exact) mass is 248 g/mol. The van der Waals surface area contributed by atoms with Crippen molar-refractivity contribution in [3.63, 3.8) is 0 Å². The molecule has 2 atom stereocenters. The molecule has 0 aromatic heterocycles. The summed E-state index contributed by atoms with van der Waals surface area (Å²) in [5.74, 6) is 4.48. The normalized spacial score (nSPS) is 38.5. The molecule has 0 nitrogen and oxygen atoms in total. The molecule has 1 heterocycles. The van der Waals surface area contributed by atoms with Crippen LogP contribution in [0.2, 0.25) is 0 Å². The van der Waals surface area contributed by atoms with Crippen LogP contribution >= 0.6 is 23.5 Å². The van der Waals surface area contributed by atoms with Crippen molar-refractivity contribution in [2.45, 2.75) is 23.3 Å². The number of hydrogen-bond acceptors (Lipinski definition) is 2. The van der Waals surface area contributed by atoms with Gasteiger partial charge in [0.05, 0.1) is 4.08 Å². The Morgan fingerprint density at radius 2 is 2.06 bits per heavy atom. The highest BCUT2D eigenvalue weighted by Gasteiger charge is 2.50. The molecule has 84 valence electrons. The minimum Gasteiger partial charge on any atom is -0.144 e. The van der Waals surface area contributed by atoms with E-state index >= 15 is 0 Å². The lowest BCUT2D eigenvalue weighted by Gasteiger charge is -2.32. The van der Waals surface area contributed by atoms with Crippen LogP contribution in [0, 0.1) is 11.8 Å². The molecule has 0 aromatic carbocycles. The summed E-state index contributed by atoms with van der Waals surface area (Å²) in [6.45, 7) is 0. The van der Waals surface area contributed by atoms with Gasteiger partial charge in [-0.1, -0.05) is 24.3 Å². The number of thioether (sulfide) groups is 2. The largest absolute Gasteiger partial charge is 0.144 e. The fraction of sp³-hybridized carbons (Fsp3) is 0.571. The molecular weight excluding hydrogens is 232 g/mol. The Labute approximate surface area is 106 Å². The second-order valence-electron chi connectivity index (χ2n) is 5.24. The molecule has 1 saturated carbocycles. The minimum atomic E-state index is 0.582. The van der Waals surface area contributed by atoms with Gasteiger partial charge in [0, 0.05) is 0 Å². The van der Waals surface area contributed by atoms with Gasteiger partial charge in [-0.15, -0.1) is 23.5 Å². The zero-order valence-electron chi connectivity index (χ0n) is 9.32. The fourth-order valence-electron chi connectivity index (χ4n) is 3.61. The third kappa shape index (κ3) is 1.32. The number of allylic oxidation sites excluding steroid dienone is 6. The van der Waals surface area contributed by atoms with Crippen LogP contribution in [0.25, 0.3) is 0 Å². The first-order valence-electron chi connectivity index (χ1n) is 6.25. The average Bonchev–Trinajstić information content (AvgIpc) is 2.91. The Morgan fingerprint density at radius 1 is 1.19 bits per heavy atom. The quantitative estimate of drug-likeness (QED) is 0.635. The third-order valence-corrected chi connectivity index (χ3v) is 7.70. The van der Waals surface area contributed by atoms with Gasteiger partial charge in [-0.3, -0.25) is 0 Å². The predicted molar refractivity (Wildman–Crippen MR) is 73.8 cm³/mol. The predicted octanol–water partition coefficient (Wildman–Crippen LogP) is 4.02. The van der Waals surface area contributed by atoms with Crippen LogP contribution in [0.15, 0.2) is 35.5 Å². The highest BCUT2D eigenvalue weighted by Crippen LogP contribution is 2.61. The lowest BCUT2D eigenvalue weighted by Crippen LogP contribution is -2.22. The van der Waals surface area contributed by atoms with E-state index in [2.05, 4.69) is 47.8 Å². The summed E-state index contributed by atoms with van der Waals surface area (Å²) in [4.78, 5) is 0. The van der Waals surface area contributed by atoms with Gasteiger partial charge in [0.2, 0.25) is 0 Å². The average molecular weight is 248 g/mol. The van der Waals surface area contributed by atoms with Gasteiger partial charge in [-0.25, -0.2) is 0 Å². The number of hydrogen-bond donors (Lipinski definition) is 0. The Balaban J connectivity index is 1.63. The van der Waals surface area contributed by atoms with Gasteiger partial charge in [0.1, 0.15) is 0 Å². The standard InChI is InChI=1S/C14H16S2/c1-3-10-7-11-8-14(15-5-2-6-16-14)9-13(11)12(10)4-1/h1,3-4,7,11,13H,2,5-6,8-9H2/t11-,13+/m1/s1. The second-order valence-corrected chi connectivity index (χ2v) is 8.46. The first kappa shape index (κ1) is 9.90. The van der Waals surface area contributed by atoms with Crippen LogP contribution < -0.4 is 0 Å². The van der Waals surface area contributed by atoms with Crippen molar-refractivity contribution >= 4 is 23.5 Å². The molecule has 2 fully saturated rings. The van der Waals surface area contributed by atoms with Gasteiger partial charge in [0.15, 0.2) is 0 Å². The summed E-state index contributed by atoms with van der Waals surface area (Å²) >= 11 is 4.50. The van der Waals surface area contributed by atoms with Gasteiger partial charge in [-0.05, 0) is 53.8 Å². The molecule has 0 aromatic rings.